The second-order valence-corrected chi connectivity index (χ2v) is 8.56. The lowest BCUT2D eigenvalue weighted by Gasteiger charge is -2.13. The number of aromatic nitrogens is 2. The largest absolute Gasteiger partial charge is 0.435 e. The zero-order valence-electron chi connectivity index (χ0n) is 18.0. The van der Waals surface area contributed by atoms with Crippen molar-refractivity contribution in [3.8, 4) is 5.00 Å². The van der Waals surface area contributed by atoms with Crippen molar-refractivity contribution in [3.63, 3.8) is 0 Å². The third kappa shape index (κ3) is 6.39. The number of thiophene rings is 1. The first kappa shape index (κ1) is 26.2. The molecule has 2 heterocycles. The van der Waals surface area contributed by atoms with Gasteiger partial charge in [-0.05, 0) is 30.7 Å². The molecule has 0 fully saturated rings. The van der Waals surface area contributed by atoms with Crippen LogP contribution in [-0.4, -0.2) is 27.6 Å². The highest BCUT2D eigenvalue weighted by atomic mass is 32.1. The number of benzene rings is 1. The number of hydrogen-bond donors (Lipinski definition) is 3. The first-order valence-electron chi connectivity index (χ1n) is 10.0. The molecule has 14 heteroatoms. The van der Waals surface area contributed by atoms with Crippen molar-refractivity contribution in [2.75, 3.05) is 0 Å². The number of halogens is 6. The Morgan fingerprint density at radius 1 is 1.03 bits per heavy atom. The van der Waals surface area contributed by atoms with Gasteiger partial charge < -0.3 is 16.4 Å². The molecule has 7 nitrogen and oxygen atoms in total. The van der Waals surface area contributed by atoms with Crippen LogP contribution in [0.1, 0.15) is 39.1 Å². The lowest BCUT2D eigenvalue weighted by Crippen LogP contribution is -2.37. The van der Waals surface area contributed by atoms with Crippen LogP contribution < -0.4 is 16.4 Å². The average molecular weight is 519 g/mol. The maximum Gasteiger partial charge on any atom is 0.435 e. The van der Waals surface area contributed by atoms with Gasteiger partial charge in [0.2, 0.25) is 5.91 Å². The van der Waals surface area contributed by atoms with Gasteiger partial charge in [-0.25, -0.2) is 4.68 Å². The van der Waals surface area contributed by atoms with Gasteiger partial charge in [-0.3, -0.25) is 9.59 Å². The highest BCUT2D eigenvalue weighted by molar-refractivity contribution is 7.14. The van der Waals surface area contributed by atoms with Gasteiger partial charge in [0.05, 0.1) is 18.2 Å². The van der Waals surface area contributed by atoms with Crippen LogP contribution in [0.5, 0.6) is 0 Å². The highest BCUT2D eigenvalue weighted by Crippen LogP contribution is 2.33. The van der Waals surface area contributed by atoms with Gasteiger partial charge >= 0.3 is 12.4 Å². The Balaban J connectivity index is 1.86. The smallest absolute Gasteiger partial charge is 0.350 e. The van der Waals surface area contributed by atoms with Gasteiger partial charge in [0.25, 0.3) is 5.91 Å². The molecule has 0 unspecified atom stereocenters. The quantitative estimate of drug-likeness (QED) is 0.413. The van der Waals surface area contributed by atoms with Crippen molar-refractivity contribution in [3.05, 3.63) is 69.9 Å². The van der Waals surface area contributed by atoms with Gasteiger partial charge in [-0.1, -0.05) is 18.2 Å². The summed E-state index contributed by atoms with van der Waals surface area (Å²) >= 11 is 0.964. The topological polar surface area (TPSA) is 102 Å². The standard InChI is InChI=1S/C21H19F6N5O2S/c1-11(28)18(33)30-10-13-6-7-17(35-13)32-15(8-16(31-32)21(25,26)27)19(34)29-9-12-4-2-3-5-14(12)20(22,23)24/h2-8,11H,9-10,28H2,1H3,(H,29,34)(H,30,33)/t11-/m0/s1. The Morgan fingerprint density at radius 2 is 1.71 bits per heavy atom. The number of nitrogens with two attached hydrogens (primary N) is 1. The minimum absolute atomic E-state index is 0.0498. The molecule has 0 radical (unpaired) electrons. The van der Waals surface area contributed by atoms with E-state index in [2.05, 4.69) is 15.7 Å². The predicted octanol–water partition coefficient (Wildman–Crippen LogP) is 3.86. The van der Waals surface area contributed by atoms with Crippen LogP contribution in [0, 0.1) is 0 Å². The summed E-state index contributed by atoms with van der Waals surface area (Å²) in [4.78, 5) is 24.9. The van der Waals surface area contributed by atoms with Crippen LogP contribution in [0.15, 0.2) is 42.5 Å². The normalized spacial score (nSPS) is 12.9. The fourth-order valence-electron chi connectivity index (χ4n) is 2.98. The van der Waals surface area contributed by atoms with Gasteiger partial charge in [0, 0.05) is 17.5 Å². The third-order valence-electron chi connectivity index (χ3n) is 4.70. The van der Waals surface area contributed by atoms with Crippen molar-refractivity contribution >= 4 is 23.2 Å². The zero-order valence-corrected chi connectivity index (χ0v) is 18.8. The Hall–Kier alpha value is -3.39. The molecule has 3 aromatic rings. The molecule has 0 aliphatic carbocycles. The van der Waals surface area contributed by atoms with Crippen LogP contribution in [0.25, 0.3) is 5.00 Å². The summed E-state index contributed by atoms with van der Waals surface area (Å²) in [7, 11) is 0. The van der Waals surface area contributed by atoms with Crippen LogP contribution in [0.3, 0.4) is 0 Å². The van der Waals surface area contributed by atoms with Crippen LogP contribution in [-0.2, 0) is 30.2 Å². The fraction of sp³-hybridized carbons (Fsp3) is 0.286. The van der Waals surface area contributed by atoms with E-state index in [1.807, 2.05) is 0 Å². The molecule has 188 valence electrons. The van der Waals surface area contributed by atoms with Gasteiger partial charge in [0.15, 0.2) is 5.69 Å². The van der Waals surface area contributed by atoms with Crippen LogP contribution in [0.4, 0.5) is 26.3 Å². The van der Waals surface area contributed by atoms with E-state index in [1.165, 1.54) is 31.2 Å². The van der Waals surface area contributed by atoms with E-state index < -0.39 is 53.7 Å². The Labute approximate surface area is 198 Å². The van der Waals surface area contributed by atoms with E-state index in [0.717, 1.165) is 28.2 Å². The van der Waals surface area contributed by atoms with Gasteiger partial charge in [-0.2, -0.15) is 31.4 Å². The van der Waals surface area contributed by atoms with E-state index in [0.29, 0.717) is 10.9 Å². The molecule has 1 atom stereocenters. The zero-order chi connectivity index (χ0) is 26.0. The number of hydrogen-bond acceptors (Lipinski definition) is 5. The molecule has 0 aliphatic rings. The summed E-state index contributed by atoms with van der Waals surface area (Å²) in [5.74, 6) is -1.48. The molecule has 35 heavy (non-hydrogen) atoms. The molecular formula is C21H19F6N5O2S. The minimum Gasteiger partial charge on any atom is -0.350 e. The average Bonchev–Trinajstić information content (AvgIpc) is 3.42. The van der Waals surface area contributed by atoms with E-state index in [4.69, 9.17) is 5.73 Å². The van der Waals surface area contributed by atoms with E-state index in [-0.39, 0.29) is 17.1 Å². The second-order valence-electron chi connectivity index (χ2n) is 7.41. The van der Waals surface area contributed by atoms with Crippen molar-refractivity contribution in [2.45, 2.75) is 38.4 Å². The van der Waals surface area contributed by atoms with Crippen molar-refractivity contribution in [1.29, 1.82) is 0 Å². The summed E-state index contributed by atoms with van der Waals surface area (Å²) in [5.41, 5.74) is 2.37. The SMILES string of the molecule is C[C@H](N)C(=O)NCc1ccc(-n2nc(C(F)(F)F)cc2C(=O)NCc2ccccc2C(F)(F)F)s1. The van der Waals surface area contributed by atoms with Crippen LogP contribution in [0.2, 0.25) is 0 Å². The second kappa shape index (κ2) is 10.1. The molecular weight excluding hydrogens is 500 g/mol. The Kier molecular flexibility index (Phi) is 7.55. The predicted molar refractivity (Wildman–Crippen MR) is 115 cm³/mol. The van der Waals surface area contributed by atoms with E-state index in [1.54, 1.807) is 0 Å². The molecule has 0 spiro atoms. The van der Waals surface area contributed by atoms with Crippen molar-refractivity contribution < 1.29 is 35.9 Å². The number of carbonyl (C=O) groups excluding carboxylic acids is 2. The third-order valence-corrected chi connectivity index (χ3v) is 5.76. The van der Waals surface area contributed by atoms with Gasteiger partial charge in [-0.15, -0.1) is 11.3 Å². The number of rotatable bonds is 7. The van der Waals surface area contributed by atoms with E-state index in [9.17, 15) is 35.9 Å². The molecule has 2 amide bonds. The first-order valence-corrected chi connectivity index (χ1v) is 10.8. The Morgan fingerprint density at radius 3 is 2.34 bits per heavy atom. The highest BCUT2D eigenvalue weighted by Gasteiger charge is 2.37. The Bertz CT molecular complexity index is 1220. The summed E-state index contributed by atoms with van der Waals surface area (Å²) in [6, 6.07) is 7.21. The maximum atomic E-state index is 13.3. The molecule has 0 saturated carbocycles. The fourth-order valence-corrected chi connectivity index (χ4v) is 3.89. The lowest BCUT2D eigenvalue weighted by atomic mass is 10.1. The van der Waals surface area contributed by atoms with Gasteiger partial charge in [0.1, 0.15) is 10.7 Å². The molecule has 0 saturated heterocycles. The maximum absolute atomic E-state index is 13.3. The lowest BCUT2D eigenvalue weighted by molar-refractivity contribution is -0.141. The molecule has 0 aliphatic heterocycles. The molecule has 2 aromatic heterocycles. The molecule has 3 rings (SSSR count). The summed E-state index contributed by atoms with van der Waals surface area (Å²) in [6.07, 6.45) is -9.54. The molecule has 4 N–H and O–H groups in total. The number of nitrogens with one attached hydrogen (secondary N) is 2. The number of alkyl halides is 6. The summed E-state index contributed by atoms with van der Waals surface area (Å²) in [6.45, 7) is 0.962. The molecule has 1 aromatic carbocycles. The first-order chi connectivity index (χ1) is 16.3. The monoisotopic (exact) mass is 519 g/mol. The number of nitrogens with zero attached hydrogens (tertiary/aromatic N) is 2. The van der Waals surface area contributed by atoms with Crippen molar-refractivity contribution in [2.24, 2.45) is 5.73 Å². The van der Waals surface area contributed by atoms with Crippen molar-refractivity contribution in [1.82, 2.24) is 20.4 Å². The molecule has 0 bridgehead atoms. The number of amides is 2. The van der Waals surface area contributed by atoms with E-state index >= 15 is 0 Å². The summed E-state index contributed by atoms with van der Waals surface area (Å²) in [5, 5.41) is 8.39. The van der Waals surface area contributed by atoms with Crippen LogP contribution >= 0.6 is 11.3 Å². The summed E-state index contributed by atoms with van der Waals surface area (Å²) < 4.78 is 80.2. The number of carbonyl (C=O) groups is 2. The minimum atomic E-state index is -4.87.